The van der Waals surface area contributed by atoms with Crippen molar-refractivity contribution in [1.29, 1.82) is 5.41 Å². The van der Waals surface area contributed by atoms with Crippen LogP contribution in [0.5, 0.6) is 5.75 Å². The molecule has 0 fully saturated rings. The third kappa shape index (κ3) is 4.30. The van der Waals surface area contributed by atoms with E-state index in [-0.39, 0.29) is 27.8 Å². The monoisotopic (exact) mass is 454 g/mol. The number of amides is 1. The van der Waals surface area contributed by atoms with Crippen molar-refractivity contribution in [2.45, 2.75) is 13.0 Å². The van der Waals surface area contributed by atoms with Crippen LogP contribution >= 0.6 is 11.9 Å². The molecule has 1 atom stereocenters. The Morgan fingerprint density at radius 1 is 1.13 bits per heavy atom. The Labute approximate surface area is 183 Å². The maximum Gasteiger partial charge on any atom is 0.283 e. The quantitative estimate of drug-likeness (QED) is 0.559. The molecule has 0 bridgehead atoms. The lowest BCUT2D eigenvalue weighted by Gasteiger charge is -2.23. The summed E-state index contributed by atoms with van der Waals surface area (Å²) in [5.41, 5.74) is 1.68. The number of nitrogens with zero attached hydrogens (tertiary/aromatic N) is 3. The number of amidine groups is 3. The van der Waals surface area contributed by atoms with Gasteiger partial charge in [0, 0.05) is 6.26 Å². The number of carbonyl (C=O) groups excluding carboxylic acids is 1. The van der Waals surface area contributed by atoms with Gasteiger partial charge in [-0.2, -0.15) is 9.39 Å². The number of aliphatic imine (C=N–C) groups is 1. The standard InChI is InChI=1S/C21H18N4O4S2/c1-13(15-6-4-3-5-7-15)29-16-10-8-14(9-11-16)12-17-18(22)25-20(23-19(17)26)30-24-21(25)31(2,27)28/h3-13,22H,1-2H3/b17-12-,22-18?. The third-order valence-electron chi connectivity index (χ3n) is 4.60. The summed E-state index contributed by atoms with van der Waals surface area (Å²) < 4.78 is 33.7. The van der Waals surface area contributed by atoms with Gasteiger partial charge in [-0.3, -0.25) is 10.2 Å². The lowest BCUT2D eigenvalue weighted by Crippen LogP contribution is -2.45. The fraction of sp³-hybridized carbons (Fsp3) is 0.143. The number of rotatable bonds is 4. The summed E-state index contributed by atoms with van der Waals surface area (Å²) in [6, 6.07) is 16.9. The largest absolute Gasteiger partial charge is 0.486 e. The fourth-order valence-electron chi connectivity index (χ4n) is 3.04. The van der Waals surface area contributed by atoms with E-state index in [1.165, 1.54) is 6.08 Å². The lowest BCUT2D eigenvalue weighted by atomic mass is 10.1. The van der Waals surface area contributed by atoms with Crippen LogP contribution in [0.1, 0.15) is 24.2 Å². The molecule has 1 unspecified atom stereocenters. The molecule has 4 rings (SSSR count). The van der Waals surface area contributed by atoms with E-state index in [2.05, 4.69) is 9.39 Å². The topological polar surface area (TPSA) is 112 Å². The maximum absolute atomic E-state index is 12.4. The Morgan fingerprint density at radius 2 is 1.81 bits per heavy atom. The van der Waals surface area contributed by atoms with Crippen LogP contribution in [0.4, 0.5) is 0 Å². The molecule has 31 heavy (non-hydrogen) atoms. The molecule has 1 amide bonds. The summed E-state index contributed by atoms with van der Waals surface area (Å²) in [5.74, 6) is -0.236. The molecule has 2 aliphatic rings. The van der Waals surface area contributed by atoms with Gasteiger partial charge in [0.1, 0.15) is 17.7 Å². The van der Waals surface area contributed by atoms with E-state index in [9.17, 15) is 13.2 Å². The van der Waals surface area contributed by atoms with Crippen LogP contribution in [0, 0.1) is 5.41 Å². The average Bonchev–Trinajstić information content (AvgIpc) is 3.17. The molecule has 10 heteroatoms. The third-order valence-corrected chi connectivity index (χ3v) is 6.35. The van der Waals surface area contributed by atoms with E-state index in [1.54, 1.807) is 24.3 Å². The lowest BCUT2D eigenvalue weighted by molar-refractivity contribution is -0.114. The fourth-order valence-corrected chi connectivity index (χ4v) is 4.89. The minimum Gasteiger partial charge on any atom is -0.486 e. The first kappa shape index (κ1) is 21.0. The van der Waals surface area contributed by atoms with Gasteiger partial charge < -0.3 is 4.74 Å². The zero-order chi connectivity index (χ0) is 22.2. The van der Waals surface area contributed by atoms with Gasteiger partial charge in [0.25, 0.3) is 5.91 Å². The normalized spacial score (nSPS) is 18.5. The number of fused-ring (bicyclic) bond motifs is 1. The summed E-state index contributed by atoms with van der Waals surface area (Å²) in [4.78, 5) is 17.4. The first-order valence-electron chi connectivity index (χ1n) is 9.24. The predicted octanol–water partition coefficient (Wildman–Crippen LogP) is 3.45. The summed E-state index contributed by atoms with van der Waals surface area (Å²) >= 11 is 0.762. The van der Waals surface area contributed by atoms with Crippen molar-refractivity contribution in [3.05, 3.63) is 71.3 Å². The molecule has 2 aliphatic heterocycles. The van der Waals surface area contributed by atoms with Crippen molar-refractivity contribution in [3.8, 4) is 5.75 Å². The Balaban J connectivity index is 1.55. The van der Waals surface area contributed by atoms with Crippen molar-refractivity contribution in [3.63, 3.8) is 0 Å². The van der Waals surface area contributed by atoms with Crippen LogP contribution < -0.4 is 4.74 Å². The maximum atomic E-state index is 12.4. The summed E-state index contributed by atoms with van der Waals surface area (Å²) in [6.07, 6.45) is 2.36. The van der Waals surface area contributed by atoms with Crippen molar-refractivity contribution in [2.75, 3.05) is 6.26 Å². The highest BCUT2D eigenvalue weighted by atomic mass is 32.2. The van der Waals surface area contributed by atoms with Crippen LogP contribution in [0.15, 0.2) is 69.6 Å². The molecule has 0 saturated carbocycles. The van der Waals surface area contributed by atoms with Gasteiger partial charge in [0.15, 0.2) is 0 Å². The highest BCUT2D eigenvalue weighted by Crippen LogP contribution is 2.30. The van der Waals surface area contributed by atoms with Gasteiger partial charge in [0.05, 0.1) is 17.5 Å². The summed E-state index contributed by atoms with van der Waals surface area (Å²) in [6.45, 7) is 1.96. The molecule has 0 spiro atoms. The van der Waals surface area contributed by atoms with Gasteiger partial charge in [-0.05, 0) is 36.3 Å². The molecular formula is C21H18N4O4S2. The Kier molecular flexibility index (Phi) is 5.50. The number of carbonyl (C=O) groups is 1. The number of nitrogens with one attached hydrogen (secondary N) is 1. The Bertz CT molecular complexity index is 1250. The smallest absolute Gasteiger partial charge is 0.283 e. The van der Waals surface area contributed by atoms with Gasteiger partial charge in [-0.1, -0.05) is 42.5 Å². The number of sulfone groups is 1. The van der Waals surface area contributed by atoms with Crippen LogP contribution in [-0.4, -0.2) is 41.7 Å². The number of hydrogen-bond acceptors (Lipinski definition) is 7. The Morgan fingerprint density at radius 3 is 2.45 bits per heavy atom. The van der Waals surface area contributed by atoms with Crippen LogP contribution in [0.25, 0.3) is 6.08 Å². The molecule has 0 saturated heterocycles. The van der Waals surface area contributed by atoms with Gasteiger partial charge in [0.2, 0.25) is 20.2 Å². The minimum atomic E-state index is -3.68. The second-order valence-electron chi connectivity index (χ2n) is 6.92. The molecular weight excluding hydrogens is 436 g/mol. The van der Waals surface area contributed by atoms with E-state index in [4.69, 9.17) is 10.1 Å². The minimum absolute atomic E-state index is 0.0195. The van der Waals surface area contributed by atoms with Gasteiger partial charge >= 0.3 is 0 Å². The van der Waals surface area contributed by atoms with Crippen molar-refractivity contribution < 1.29 is 17.9 Å². The molecule has 2 aromatic rings. The molecule has 158 valence electrons. The van der Waals surface area contributed by atoms with Crippen LogP contribution in [0.3, 0.4) is 0 Å². The van der Waals surface area contributed by atoms with Crippen molar-refractivity contribution >= 4 is 49.9 Å². The molecule has 0 radical (unpaired) electrons. The SMILES string of the molecule is CC(Oc1ccc(/C=C2/C(=N)N3C(=NC2=O)SN=C3S(C)(=O)=O)cc1)c1ccccc1. The van der Waals surface area contributed by atoms with E-state index < -0.39 is 15.7 Å². The zero-order valence-corrected chi connectivity index (χ0v) is 18.3. The van der Waals surface area contributed by atoms with E-state index in [0.717, 1.165) is 28.7 Å². The van der Waals surface area contributed by atoms with Crippen LogP contribution in [0.2, 0.25) is 0 Å². The first-order chi connectivity index (χ1) is 14.7. The summed E-state index contributed by atoms with van der Waals surface area (Å²) in [5, 5.41) is 8.12. The average molecular weight is 455 g/mol. The van der Waals surface area contributed by atoms with Crippen LogP contribution in [-0.2, 0) is 14.6 Å². The number of ether oxygens (including phenoxy) is 1. The molecule has 1 N–H and O–H groups in total. The molecule has 0 aliphatic carbocycles. The van der Waals surface area contributed by atoms with Gasteiger partial charge in [-0.25, -0.2) is 13.3 Å². The zero-order valence-electron chi connectivity index (χ0n) is 16.6. The molecule has 8 nitrogen and oxygen atoms in total. The van der Waals surface area contributed by atoms with Gasteiger partial charge in [-0.15, -0.1) is 0 Å². The highest BCUT2D eigenvalue weighted by Gasteiger charge is 2.41. The molecule has 2 heterocycles. The van der Waals surface area contributed by atoms with Crippen molar-refractivity contribution in [2.24, 2.45) is 9.39 Å². The van der Waals surface area contributed by atoms with E-state index in [0.29, 0.717) is 11.3 Å². The second-order valence-corrected chi connectivity index (χ2v) is 9.56. The molecule has 0 aromatic heterocycles. The Hall–Kier alpha value is -3.24. The van der Waals surface area contributed by atoms with E-state index in [1.807, 2.05) is 37.3 Å². The van der Waals surface area contributed by atoms with E-state index >= 15 is 0 Å². The first-order valence-corrected chi connectivity index (χ1v) is 11.9. The predicted molar refractivity (Wildman–Crippen MR) is 122 cm³/mol. The number of benzene rings is 2. The number of hydrogen-bond donors (Lipinski definition) is 1. The van der Waals surface area contributed by atoms with Crippen molar-refractivity contribution in [1.82, 2.24) is 4.90 Å². The molecule has 2 aromatic carbocycles. The second kappa shape index (κ2) is 8.12. The highest BCUT2D eigenvalue weighted by molar-refractivity contribution is 8.16. The summed E-state index contributed by atoms with van der Waals surface area (Å²) in [7, 11) is -3.68.